The van der Waals surface area contributed by atoms with E-state index in [1.165, 1.54) is 24.3 Å². The zero-order valence-corrected chi connectivity index (χ0v) is 20.3. The number of sulfonamides is 1. The van der Waals surface area contributed by atoms with Crippen LogP contribution in [0.4, 0.5) is 0 Å². The van der Waals surface area contributed by atoms with Gasteiger partial charge in [-0.05, 0) is 43.7 Å². The number of carbonyl (C=O) groups is 2. The van der Waals surface area contributed by atoms with E-state index in [9.17, 15) is 23.1 Å². The van der Waals surface area contributed by atoms with Gasteiger partial charge in [0.2, 0.25) is 10.0 Å². The fourth-order valence-corrected chi connectivity index (χ4v) is 5.10. The van der Waals surface area contributed by atoms with Gasteiger partial charge in [-0.15, -0.1) is 0 Å². The van der Waals surface area contributed by atoms with Crippen molar-refractivity contribution in [3.05, 3.63) is 59.8 Å². The molecule has 192 valence electrons. The van der Waals surface area contributed by atoms with Crippen LogP contribution in [0, 0.1) is 0 Å². The number of nitrogens with one attached hydrogen (secondary N) is 6. The van der Waals surface area contributed by atoms with Crippen LogP contribution in [-0.4, -0.2) is 74.1 Å². The van der Waals surface area contributed by atoms with Crippen LogP contribution in [0.1, 0.15) is 22.5 Å². The number of nitrogens with zero attached hydrogens (tertiary/aromatic N) is 1. The molecule has 1 fully saturated rings. The number of rotatable bonds is 12. The van der Waals surface area contributed by atoms with Crippen LogP contribution in [0.2, 0.25) is 0 Å². The van der Waals surface area contributed by atoms with Gasteiger partial charge in [0.1, 0.15) is 12.3 Å². The molecule has 1 aliphatic rings. The van der Waals surface area contributed by atoms with Gasteiger partial charge in [0.25, 0.3) is 5.91 Å². The minimum absolute atomic E-state index is 0.0648. The van der Waals surface area contributed by atoms with Gasteiger partial charge in [0, 0.05) is 36.3 Å². The molecule has 1 amide bonds. The number of H-pyrrole nitrogens is 1. The van der Waals surface area contributed by atoms with Crippen molar-refractivity contribution in [3.8, 4) is 0 Å². The number of aliphatic carboxylic acids is 1. The van der Waals surface area contributed by atoms with Crippen LogP contribution in [0.25, 0.3) is 10.9 Å². The number of carbonyl (C=O) groups excluding carboxylic acids is 1. The van der Waals surface area contributed by atoms with Crippen molar-refractivity contribution in [3.63, 3.8) is 0 Å². The van der Waals surface area contributed by atoms with E-state index in [-0.39, 0.29) is 16.7 Å². The van der Waals surface area contributed by atoms with E-state index in [0.29, 0.717) is 5.52 Å². The zero-order chi connectivity index (χ0) is 25.5. The number of aryl methyl sites for hydroxylation is 1. The minimum Gasteiger partial charge on any atom is -0.480 e. The molecule has 36 heavy (non-hydrogen) atoms. The molecule has 1 aromatic heterocycles. The molecule has 1 atom stereocenters. The molecule has 7 N–H and O–H groups in total. The molecular weight excluding hydrogens is 486 g/mol. The number of amides is 1. The van der Waals surface area contributed by atoms with E-state index in [1.54, 1.807) is 24.3 Å². The maximum Gasteiger partial charge on any atom is 0.323 e. The van der Waals surface area contributed by atoms with Crippen LogP contribution in [0.5, 0.6) is 0 Å². The van der Waals surface area contributed by atoms with E-state index in [2.05, 4.69) is 36.2 Å². The lowest BCUT2D eigenvalue weighted by molar-refractivity contribution is -0.138. The summed E-state index contributed by atoms with van der Waals surface area (Å²) in [5, 5.41) is 30.1. The van der Waals surface area contributed by atoms with Crippen LogP contribution in [-0.2, 0) is 21.2 Å². The molecule has 1 aliphatic heterocycles. The number of aromatic nitrogens is 2. The maximum atomic E-state index is 12.7. The topological polar surface area (TPSA) is 177 Å². The SMILES string of the molecule is O=C(NCC(NS(=O)(=O)c1ccccc1)C(=O)O)c1ccc2c(CCCNC3NCCN3)[nH]nc2c1. The summed E-state index contributed by atoms with van der Waals surface area (Å²) in [6, 6.07) is 10.9. The van der Waals surface area contributed by atoms with Gasteiger partial charge >= 0.3 is 5.97 Å². The predicted octanol–water partition coefficient (Wildman–Crippen LogP) is -0.277. The third-order valence-electron chi connectivity index (χ3n) is 5.79. The van der Waals surface area contributed by atoms with E-state index in [0.717, 1.165) is 43.6 Å². The van der Waals surface area contributed by atoms with Crippen molar-refractivity contribution in [2.75, 3.05) is 26.2 Å². The largest absolute Gasteiger partial charge is 0.480 e. The summed E-state index contributed by atoms with van der Waals surface area (Å²) in [5.74, 6) is -1.94. The molecule has 3 aromatic rings. The van der Waals surface area contributed by atoms with Crippen molar-refractivity contribution in [2.24, 2.45) is 0 Å². The Bertz CT molecular complexity index is 1310. The highest BCUT2D eigenvalue weighted by molar-refractivity contribution is 7.89. The van der Waals surface area contributed by atoms with Crippen LogP contribution >= 0.6 is 0 Å². The molecule has 13 heteroatoms. The van der Waals surface area contributed by atoms with E-state index < -0.39 is 34.5 Å². The molecule has 1 unspecified atom stereocenters. The Kier molecular flexibility index (Phi) is 8.28. The Morgan fingerprint density at radius 2 is 1.86 bits per heavy atom. The first-order valence-electron chi connectivity index (χ1n) is 11.6. The van der Waals surface area contributed by atoms with Gasteiger partial charge in [-0.3, -0.25) is 30.6 Å². The molecule has 0 aliphatic carbocycles. The Labute approximate surface area is 208 Å². The molecule has 4 rings (SSSR count). The summed E-state index contributed by atoms with van der Waals surface area (Å²) >= 11 is 0. The first kappa shape index (κ1) is 25.7. The van der Waals surface area contributed by atoms with Gasteiger partial charge in [0.15, 0.2) is 0 Å². The van der Waals surface area contributed by atoms with Gasteiger partial charge < -0.3 is 10.4 Å². The number of carboxylic acids is 1. The molecule has 1 saturated heterocycles. The summed E-state index contributed by atoms with van der Waals surface area (Å²) in [6.45, 7) is 2.28. The molecule has 0 radical (unpaired) electrons. The Balaban J connectivity index is 1.33. The Hall–Kier alpha value is -3.36. The smallest absolute Gasteiger partial charge is 0.323 e. The van der Waals surface area contributed by atoms with Crippen molar-refractivity contribution in [1.29, 1.82) is 0 Å². The summed E-state index contributed by atoms with van der Waals surface area (Å²) < 4.78 is 27.0. The first-order valence-corrected chi connectivity index (χ1v) is 13.1. The van der Waals surface area contributed by atoms with Crippen molar-refractivity contribution in [2.45, 2.75) is 30.1 Å². The Morgan fingerprint density at radius 1 is 1.11 bits per heavy atom. The van der Waals surface area contributed by atoms with Crippen molar-refractivity contribution >= 4 is 32.8 Å². The number of carboxylic acid groups (broad SMARTS) is 1. The standard InChI is InChI=1S/C23H29N7O5S/c31-21(27-14-20(22(32)33)30-36(34,35)16-5-2-1-3-6-16)15-8-9-17-18(28-29-19(17)13-15)7-4-10-24-23-25-11-12-26-23/h1-3,5-6,8-9,13,20,23-26,30H,4,7,10-12,14H2,(H,27,31)(H,28,29)(H,32,33). The Morgan fingerprint density at radius 3 is 2.58 bits per heavy atom. The molecule has 12 nitrogen and oxygen atoms in total. The normalized spacial score (nSPS) is 15.2. The summed E-state index contributed by atoms with van der Waals surface area (Å²) in [4.78, 5) is 24.2. The number of hydrogen-bond donors (Lipinski definition) is 7. The van der Waals surface area contributed by atoms with Crippen LogP contribution in [0.3, 0.4) is 0 Å². The lowest BCUT2D eigenvalue weighted by Gasteiger charge is -2.15. The molecule has 2 heterocycles. The lowest BCUT2D eigenvalue weighted by Crippen LogP contribution is -2.48. The number of benzene rings is 2. The minimum atomic E-state index is -4.07. The van der Waals surface area contributed by atoms with Gasteiger partial charge in [-0.1, -0.05) is 24.3 Å². The quantitative estimate of drug-likeness (QED) is 0.160. The van der Waals surface area contributed by atoms with Crippen molar-refractivity contribution in [1.82, 2.24) is 36.2 Å². The fourth-order valence-electron chi connectivity index (χ4n) is 3.89. The highest BCUT2D eigenvalue weighted by Crippen LogP contribution is 2.19. The van der Waals surface area contributed by atoms with Crippen LogP contribution in [0.15, 0.2) is 53.4 Å². The van der Waals surface area contributed by atoms with Gasteiger partial charge in [-0.2, -0.15) is 9.82 Å². The summed E-state index contributed by atoms with van der Waals surface area (Å²) in [5.41, 5.74) is 1.87. The highest BCUT2D eigenvalue weighted by Gasteiger charge is 2.26. The first-order chi connectivity index (χ1) is 17.3. The molecule has 0 bridgehead atoms. The second kappa shape index (κ2) is 11.6. The predicted molar refractivity (Wildman–Crippen MR) is 133 cm³/mol. The van der Waals surface area contributed by atoms with E-state index in [4.69, 9.17) is 0 Å². The van der Waals surface area contributed by atoms with Crippen molar-refractivity contribution < 1.29 is 23.1 Å². The molecule has 0 saturated carbocycles. The molecule has 0 spiro atoms. The highest BCUT2D eigenvalue weighted by atomic mass is 32.2. The number of fused-ring (bicyclic) bond motifs is 1. The van der Waals surface area contributed by atoms with E-state index in [1.807, 2.05) is 0 Å². The lowest BCUT2D eigenvalue weighted by atomic mass is 10.1. The second-order valence-electron chi connectivity index (χ2n) is 8.37. The summed E-state index contributed by atoms with van der Waals surface area (Å²) in [7, 11) is -4.07. The fraction of sp³-hybridized carbons (Fsp3) is 0.348. The molecule has 2 aromatic carbocycles. The average Bonchev–Trinajstić information content (AvgIpc) is 3.54. The number of aromatic amines is 1. The van der Waals surface area contributed by atoms with Crippen LogP contribution < -0.4 is 26.0 Å². The van der Waals surface area contributed by atoms with E-state index >= 15 is 0 Å². The number of hydrogen-bond acceptors (Lipinski definition) is 8. The summed E-state index contributed by atoms with van der Waals surface area (Å²) in [6.07, 6.45) is 1.82. The van der Waals surface area contributed by atoms with Gasteiger partial charge in [-0.25, -0.2) is 8.42 Å². The molecular formula is C23H29N7O5S. The monoisotopic (exact) mass is 515 g/mol. The maximum absolute atomic E-state index is 12.7. The third-order valence-corrected chi connectivity index (χ3v) is 7.27. The zero-order valence-electron chi connectivity index (χ0n) is 19.5. The third kappa shape index (κ3) is 6.44. The van der Waals surface area contributed by atoms with Gasteiger partial charge in [0.05, 0.1) is 10.4 Å². The average molecular weight is 516 g/mol. The second-order valence-corrected chi connectivity index (χ2v) is 10.1.